The van der Waals surface area contributed by atoms with Crippen LogP contribution in [0.1, 0.15) is 20.8 Å². The van der Waals surface area contributed by atoms with Crippen LogP contribution in [0.2, 0.25) is 0 Å². The van der Waals surface area contributed by atoms with Crippen LogP contribution in [0.5, 0.6) is 0 Å². The number of hydrogen-bond acceptors (Lipinski definition) is 4. The zero-order valence-corrected chi connectivity index (χ0v) is 11.2. The van der Waals surface area contributed by atoms with Gasteiger partial charge in [-0.05, 0) is 0 Å². The van der Waals surface area contributed by atoms with Crippen LogP contribution in [0.15, 0.2) is 12.7 Å². The maximum Gasteiger partial charge on any atom is 0.408 e. The maximum atomic E-state index is 11.2. The van der Waals surface area contributed by atoms with E-state index in [1.54, 1.807) is 0 Å². The summed E-state index contributed by atoms with van der Waals surface area (Å²) in [6.07, 6.45) is 0.672. The van der Waals surface area contributed by atoms with Gasteiger partial charge >= 0.3 is 12.1 Å². The summed E-state index contributed by atoms with van der Waals surface area (Å²) in [6, 6.07) is -0.948. The van der Waals surface area contributed by atoms with Crippen LogP contribution in [0.3, 0.4) is 0 Å². The van der Waals surface area contributed by atoms with Gasteiger partial charge in [-0.25, -0.2) is 9.59 Å². The van der Waals surface area contributed by atoms with Crippen LogP contribution in [-0.4, -0.2) is 40.3 Å². The van der Waals surface area contributed by atoms with Crippen LogP contribution >= 0.6 is 11.8 Å². The van der Waals surface area contributed by atoms with Gasteiger partial charge in [-0.15, -0.1) is 0 Å². The Morgan fingerprint density at radius 1 is 1.53 bits per heavy atom. The van der Waals surface area contributed by atoms with Crippen molar-refractivity contribution < 1.29 is 19.4 Å². The lowest BCUT2D eigenvalue weighted by Crippen LogP contribution is -2.43. The molecule has 0 saturated heterocycles. The first-order valence-corrected chi connectivity index (χ1v) is 6.16. The summed E-state index contributed by atoms with van der Waals surface area (Å²) >= 11 is 1.46. The summed E-state index contributed by atoms with van der Waals surface area (Å²) in [5, 5.41) is 11.2. The number of carboxylic acids is 1. The molecule has 0 aliphatic heterocycles. The van der Waals surface area contributed by atoms with E-state index >= 15 is 0 Å². The molecule has 0 unspecified atom stereocenters. The second kappa shape index (κ2) is 7.21. The zero-order chi connectivity index (χ0) is 13.5. The number of rotatable bonds is 6. The molecule has 0 bridgehead atoms. The Balaban J connectivity index is 4.20. The number of thioether (sulfide) groups is 1. The lowest BCUT2D eigenvalue weighted by atomic mass is 10.3. The van der Waals surface area contributed by atoms with Gasteiger partial charge < -0.3 is 15.2 Å². The van der Waals surface area contributed by atoms with Crippen molar-refractivity contribution >= 4 is 23.8 Å². The smallest absolute Gasteiger partial charge is 0.408 e. The monoisotopic (exact) mass is 261 g/mol. The number of amides is 1. The topological polar surface area (TPSA) is 75.6 Å². The van der Waals surface area contributed by atoms with Crippen molar-refractivity contribution in [2.45, 2.75) is 31.6 Å². The predicted octanol–water partition coefficient (Wildman–Crippen LogP) is 1.88. The molecule has 0 aromatic carbocycles. The number of carbonyl (C=O) groups is 2. The minimum atomic E-state index is -1.07. The third-order valence-electron chi connectivity index (χ3n) is 1.61. The Labute approximate surface area is 106 Å². The van der Waals surface area contributed by atoms with Gasteiger partial charge in [-0.2, -0.15) is 11.8 Å². The average Bonchev–Trinajstić information content (AvgIpc) is 2.19. The van der Waals surface area contributed by atoms with Gasteiger partial charge in [-0.3, -0.25) is 0 Å². The Morgan fingerprint density at radius 3 is 2.53 bits per heavy atom. The number of aliphatic carboxylic acids is 1. The number of alkyl carbamates (subject to hydrolysis) is 1. The summed E-state index contributed by atoms with van der Waals surface area (Å²) in [5.41, 5.74) is 0. The third-order valence-corrected chi connectivity index (χ3v) is 2.97. The van der Waals surface area contributed by atoms with E-state index in [2.05, 4.69) is 16.6 Å². The van der Waals surface area contributed by atoms with Gasteiger partial charge in [0.05, 0.1) is 0 Å². The normalized spacial score (nSPS) is 12.6. The van der Waals surface area contributed by atoms with E-state index in [0.29, 0.717) is 5.75 Å². The Bertz CT molecular complexity index is 286. The molecule has 2 N–H and O–H groups in total. The van der Waals surface area contributed by atoms with Crippen LogP contribution in [0.4, 0.5) is 4.79 Å². The summed E-state index contributed by atoms with van der Waals surface area (Å²) in [6.45, 7) is 9.39. The summed E-state index contributed by atoms with van der Waals surface area (Å²) < 4.78 is 4.61. The van der Waals surface area contributed by atoms with Crippen molar-refractivity contribution in [1.82, 2.24) is 5.32 Å². The summed E-state index contributed by atoms with van der Waals surface area (Å²) in [4.78, 5) is 22.1. The lowest BCUT2D eigenvalue weighted by Gasteiger charge is -2.21. The van der Waals surface area contributed by atoms with Crippen LogP contribution in [0.25, 0.3) is 0 Å². The molecule has 0 radical (unpaired) electrons. The molecule has 0 heterocycles. The molecular formula is C11H19NO4S. The van der Waals surface area contributed by atoms with E-state index in [-0.39, 0.29) is 11.4 Å². The zero-order valence-electron chi connectivity index (χ0n) is 10.4. The van der Waals surface area contributed by atoms with Crippen LogP contribution in [-0.2, 0) is 9.53 Å². The lowest BCUT2D eigenvalue weighted by molar-refractivity contribution is -0.138. The SMILES string of the molecule is C=CCOC(=O)N[C@H](CSC(C)(C)C)C(=O)O. The van der Waals surface area contributed by atoms with Gasteiger partial charge in [0.2, 0.25) is 0 Å². The molecule has 5 nitrogen and oxygen atoms in total. The third kappa shape index (κ3) is 8.62. The van der Waals surface area contributed by atoms with Crippen molar-refractivity contribution in [2.24, 2.45) is 0 Å². The summed E-state index contributed by atoms with van der Waals surface area (Å²) in [5.74, 6) is -0.778. The average molecular weight is 261 g/mol. The fourth-order valence-corrected chi connectivity index (χ4v) is 1.72. The number of ether oxygens (including phenoxy) is 1. The van der Waals surface area contributed by atoms with Crippen LogP contribution in [0, 0.1) is 0 Å². The molecular weight excluding hydrogens is 242 g/mol. The molecule has 6 heteroatoms. The summed E-state index contributed by atoms with van der Waals surface area (Å²) in [7, 11) is 0. The first kappa shape index (κ1) is 15.8. The van der Waals surface area contributed by atoms with Crippen molar-refractivity contribution in [1.29, 1.82) is 0 Å². The fraction of sp³-hybridized carbons (Fsp3) is 0.636. The number of carbonyl (C=O) groups excluding carboxylic acids is 1. The predicted molar refractivity (Wildman–Crippen MR) is 68.3 cm³/mol. The fourth-order valence-electron chi connectivity index (χ4n) is 0.827. The highest BCUT2D eigenvalue weighted by Crippen LogP contribution is 2.23. The second-order valence-corrected chi connectivity index (χ2v) is 6.19. The molecule has 98 valence electrons. The Morgan fingerprint density at radius 2 is 2.12 bits per heavy atom. The Kier molecular flexibility index (Phi) is 6.72. The molecule has 0 aliphatic rings. The molecule has 0 aromatic heterocycles. The molecule has 0 aromatic rings. The first-order valence-electron chi connectivity index (χ1n) is 5.17. The standard InChI is InChI=1S/C11H19NO4S/c1-5-6-16-10(15)12-8(9(13)14)7-17-11(2,3)4/h5,8H,1,6-7H2,2-4H3,(H,12,15)(H,13,14)/t8-/m1/s1. The van der Waals surface area contributed by atoms with Crippen molar-refractivity contribution in [2.75, 3.05) is 12.4 Å². The molecule has 17 heavy (non-hydrogen) atoms. The van der Waals surface area contributed by atoms with E-state index in [0.717, 1.165) is 0 Å². The van der Waals surface area contributed by atoms with E-state index in [1.165, 1.54) is 17.8 Å². The highest BCUT2D eigenvalue weighted by molar-refractivity contribution is 8.00. The van der Waals surface area contributed by atoms with E-state index in [4.69, 9.17) is 5.11 Å². The Hall–Kier alpha value is -1.17. The minimum absolute atomic E-state index is 0.0552. The molecule has 1 atom stereocenters. The highest BCUT2D eigenvalue weighted by atomic mass is 32.2. The van der Waals surface area contributed by atoms with Crippen molar-refractivity contribution in [3.8, 4) is 0 Å². The first-order chi connectivity index (χ1) is 7.76. The highest BCUT2D eigenvalue weighted by Gasteiger charge is 2.23. The molecule has 0 rings (SSSR count). The molecule has 0 spiro atoms. The number of nitrogens with one attached hydrogen (secondary N) is 1. The number of hydrogen-bond donors (Lipinski definition) is 2. The largest absolute Gasteiger partial charge is 0.480 e. The van der Waals surface area contributed by atoms with Crippen LogP contribution < -0.4 is 5.32 Å². The van der Waals surface area contributed by atoms with Gasteiger partial charge in [0.1, 0.15) is 12.6 Å². The van der Waals surface area contributed by atoms with Gasteiger partial charge in [0, 0.05) is 10.5 Å². The molecule has 0 aliphatic carbocycles. The molecule has 0 saturated carbocycles. The maximum absolute atomic E-state index is 11.2. The van der Waals surface area contributed by atoms with Gasteiger partial charge in [-0.1, -0.05) is 33.4 Å². The van der Waals surface area contributed by atoms with Gasteiger partial charge in [0.15, 0.2) is 0 Å². The second-order valence-electron chi connectivity index (χ2n) is 4.35. The molecule has 0 fully saturated rings. The van der Waals surface area contributed by atoms with E-state index in [9.17, 15) is 9.59 Å². The minimum Gasteiger partial charge on any atom is -0.480 e. The van der Waals surface area contributed by atoms with E-state index in [1.807, 2.05) is 20.8 Å². The quantitative estimate of drug-likeness (QED) is 0.714. The van der Waals surface area contributed by atoms with Crippen molar-refractivity contribution in [3.05, 3.63) is 12.7 Å². The van der Waals surface area contributed by atoms with E-state index < -0.39 is 18.1 Å². The van der Waals surface area contributed by atoms with Crippen molar-refractivity contribution in [3.63, 3.8) is 0 Å². The molecule has 1 amide bonds. The number of carboxylic acid groups (broad SMARTS) is 1. The van der Waals surface area contributed by atoms with Gasteiger partial charge in [0.25, 0.3) is 0 Å².